The third kappa shape index (κ3) is 3.02. The number of amides is 2. The average molecular weight is 266 g/mol. The van der Waals surface area contributed by atoms with Gasteiger partial charge in [0.1, 0.15) is 6.54 Å². The standard InChI is InChI=1S/C9H15N3O2S.ClH/c10-7-1-2-11(3-7)8(13)4-12-6-15-5-9(12)14;/h7H,1-6,10H2;1H/t7-;/m0./s1. The van der Waals surface area contributed by atoms with E-state index in [1.54, 1.807) is 21.6 Å². The summed E-state index contributed by atoms with van der Waals surface area (Å²) in [5.74, 6) is 1.24. The van der Waals surface area contributed by atoms with E-state index in [-0.39, 0.29) is 36.8 Å². The third-order valence-electron chi connectivity index (χ3n) is 2.73. The highest BCUT2D eigenvalue weighted by molar-refractivity contribution is 8.00. The van der Waals surface area contributed by atoms with Gasteiger partial charge >= 0.3 is 0 Å². The van der Waals surface area contributed by atoms with Crippen LogP contribution in [0.3, 0.4) is 0 Å². The lowest BCUT2D eigenvalue weighted by Crippen LogP contribution is -2.40. The molecule has 2 aliphatic rings. The summed E-state index contributed by atoms with van der Waals surface area (Å²) in [7, 11) is 0. The Morgan fingerprint density at radius 2 is 2.31 bits per heavy atom. The number of carbonyl (C=O) groups excluding carboxylic acids is 2. The molecule has 0 aliphatic carbocycles. The normalized spacial score (nSPS) is 24.8. The van der Waals surface area contributed by atoms with Crippen LogP contribution in [0.2, 0.25) is 0 Å². The van der Waals surface area contributed by atoms with Gasteiger partial charge in [-0.3, -0.25) is 9.59 Å². The number of nitrogens with zero attached hydrogens (tertiary/aromatic N) is 2. The quantitative estimate of drug-likeness (QED) is 0.731. The Balaban J connectivity index is 0.00000128. The van der Waals surface area contributed by atoms with Crippen molar-refractivity contribution in [3.05, 3.63) is 0 Å². The fourth-order valence-electron chi connectivity index (χ4n) is 1.82. The van der Waals surface area contributed by atoms with E-state index in [2.05, 4.69) is 0 Å². The number of rotatable bonds is 2. The minimum atomic E-state index is 0. The van der Waals surface area contributed by atoms with E-state index in [0.717, 1.165) is 13.0 Å². The number of hydrogen-bond acceptors (Lipinski definition) is 4. The molecule has 92 valence electrons. The molecule has 1 atom stereocenters. The molecule has 2 rings (SSSR count). The van der Waals surface area contributed by atoms with E-state index in [9.17, 15) is 9.59 Å². The molecule has 0 saturated carbocycles. The number of thioether (sulfide) groups is 1. The molecule has 16 heavy (non-hydrogen) atoms. The first-order valence-electron chi connectivity index (χ1n) is 5.05. The summed E-state index contributed by atoms with van der Waals surface area (Å²) < 4.78 is 0. The number of nitrogens with two attached hydrogens (primary N) is 1. The van der Waals surface area contributed by atoms with Gasteiger partial charge in [0.05, 0.1) is 11.6 Å². The summed E-state index contributed by atoms with van der Waals surface area (Å²) in [5.41, 5.74) is 5.72. The molecule has 7 heteroatoms. The number of hydrogen-bond donors (Lipinski definition) is 1. The average Bonchev–Trinajstić information content (AvgIpc) is 2.77. The third-order valence-corrected chi connectivity index (χ3v) is 3.67. The van der Waals surface area contributed by atoms with Crippen LogP contribution in [-0.4, -0.2) is 58.9 Å². The molecule has 0 radical (unpaired) electrons. The monoisotopic (exact) mass is 265 g/mol. The van der Waals surface area contributed by atoms with E-state index >= 15 is 0 Å². The van der Waals surface area contributed by atoms with E-state index in [1.807, 2.05) is 0 Å². The molecule has 2 aliphatic heterocycles. The highest BCUT2D eigenvalue weighted by Gasteiger charge is 2.28. The van der Waals surface area contributed by atoms with Crippen molar-refractivity contribution in [1.82, 2.24) is 9.80 Å². The van der Waals surface area contributed by atoms with Crippen molar-refractivity contribution < 1.29 is 9.59 Å². The van der Waals surface area contributed by atoms with Crippen LogP contribution < -0.4 is 5.73 Å². The first kappa shape index (κ1) is 13.6. The van der Waals surface area contributed by atoms with Crippen LogP contribution in [0.25, 0.3) is 0 Å². The number of halogens is 1. The van der Waals surface area contributed by atoms with Gasteiger partial charge < -0.3 is 15.5 Å². The molecule has 2 heterocycles. The Hall–Kier alpha value is -0.460. The zero-order chi connectivity index (χ0) is 10.8. The summed E-state index contributed by atoms with van der Waals surface area (Å²) in [6.07, 6.45) is 0.869. The molecule has 5 nitrogen and oxygen atoms in total. The van der Waals surface area contributed by atoms with E-state index in [0.29, 0.717) is 18.2 Å². The molecular weight excluding hydrogens is 250 g/mol. The second kappa shape index (κ2) is 5.75. The lowest BCUT2D eigenvalue weighted by atomic mass is 10.3. The van der Waals surface area contributed by atoms with Crippen molar-refractivity contribution in [3.63, 3.8) is 0 Å². The van der Waals surface area contributed by atoms with Crippen molar-refractivity contribution >= 4 is 36.0 Å². The van der Waals surface area contributed by atoms with Gasteiger partial charge in [-0.05, 0) is 6.42 Å². The summed E-state index contributed by atoms with van der Waals surface area (Å²) in [5, 5.41) is 0. The zero-order valence-electron chi connectivity index (χ0n) is 8.92. The van der Waals surface area contributed by atoms with Crippen molar-refractivity contribution in [3.8, 4) is 0 Å². The van der Waals surface area contributed by atoms with Crippen LogP contribution in [0.15, 0.2) is 0 Å². The predicted octanol–water partition coefficient (Wildman–Crippen LogP) is -0.499. The van der Waals surface area contributed by atoms with Crippen molar-refractivity contribution in [2.24, 2.45) is 5.73 Å². The highest BCUT2D eigenvalue weighted by Crippen LogP contribution is 2.15. The smallest absolute Gasteiger partial charge is 0.242 e. The second-order valence-electron chi connectivity index (χ2n) is 3.96. The predicted molar refractivity (Wildman–Crippen MR) is 65.5 cm³/mol. The maximum Gasteiger partial charge on any atom is 0.242 e. The first-order chi connectivity index (χ1) is 7.16. The van der Waals surface area contributed by atoms with Gasteiger partial charge in [0.2, 0.25) is 11.8 Å². The largest absolute Gasteiger partial charge is 0.340 e. The maximum atomic E-state index is 11.8. The minimum absolute atomic E-state index is 0. The van der Waals surface area contributed by atoms with Crippen LogP contribution in [0.1, 0.15) is 6.42 Å². The van der Waals surface area contributed by atoms with Gasteiger partial charge in [0.15, 0.2) is 0 Å². The van der Waals surface area contributed by atoms with Gasteiger partial charge in [-0.15, -0.1) is 24.2 Å². The molecule has 2 amide bonds. The Morgan fingerprint density at radius 3 is 2.81 bits per heavy atom. The lowest BCUT2D eigenvalue weighted by molar-refractivity contribution is -0.137. The summed E-state index contributed by atoms with van der Waals surface area (Å²) >= 11 is 1.56. The summed E-state index contributed by atoms with van der Waals surface area (Å²) in [6, 6.07) is 0.109. The second-order valence-corrected chi connectivity index (χ2v) is 4.91. The summed E-state index contributed by atoms with van der Waals surface area (Å²) in [6.45, 7) is 1.59. The Kier molecular flexibility index (Phi) is 4.89. The fraction of sp³-hybridized carbons (Fsp3) is 0.778. The number of carbonyl (C=O) groups is 2. The van der Waals surface area contributed by atoms with Crippen molar-refractivity contribution in [1.29, 1.82) is 0 Å². The van der Waals surface area contributed by atoms with Gasteiger partial charge in [0.25, 0.3) is 0 Å². The minimum Gasteiger partial charge on any atom is -0.340 e. The first-order valence-corrected chi connectivity index (χ1v) is 6.21. The fourth-order valence-corrected chi connectivity index (χ4v) is 2.72. The molecule has 0 spiro atoms. The zero-order valence-corrected chi connectivity index (χ0v) is 10.6. The molecule has 0 aromatic heterocycles. The Bertz CT molecular complexity index is 290. The van der Waals surface area contributed by atoms with Crippen molar-refractivity contribution in [2.45, 2.75) is 12.5 Å². The molecule has 0 unspecified atom stereocenters. The molecular formula is C9H16ClN3O2S. The molecule has 2 saturated heterocycles. The van der Waals surface area contributed by atoms with Crippen LogP contribution >= 0.6 is 24.2 Å². The van der Waals surface area contributed by atoms with E-state index in [1.165, 1.54) is 0 Å². The Labute approximate surface area is 105 Å². The SMILES string of the molecule is Cl.N[C@H]1CCN(C(=O)CN2CSCC2=O)C1. The molecule has 0 aromatic carbocycles. The lowest BCUT2D eigenvalue weighted by Gasteiger charge is -2.20. The summed E-state index contributed by atoms with van der Waals surface area (Å²) in [4.78, 5) is 26.4. The van der Waals surface area contributed by atoms with Crippen LogP contribution in [0.4, 0.5) is 0 Å². The van der Waals surface area contributed by atoms with E-state index < -0.39 is 0 Å². The van der Waals surface area contributed by atoms with Crippen LogP contribution in [0, 0.1) is 0 Å². The maximum absolute atomic E-state index is 11.8. The molecule has 2 N–H and O–H groups in total. The molecule has 2 fully saturated rings. The van der Waals surface area contributed by atoms with Crippen LogP contribution in [0.5, 0.6) is 0 Å². The van der Waals surface area contributed by atoms with Gasteiger partial charge in [0, 0.05) is 19.1 Å². The molecule has 0 bridgehead atoms. The van der Waals surface area contributed by atoms with Gasteiger partial charge in [-0.1, -0.05) is 0 Å². The van der Waals surface area contributed by atoms with Gasteiger partial charge in [-0.25, -0.2) is 0 Å². The van der Waals surface area contributed by atoms with Crippen molar-refractivity contribution in [2.75, 3.05) is 31.3 Å². The number of likely N-dealkylation sites (tertiary alicyclic amines) is 1. The van der Waals surface area contributed by atoms with Gasteiger partial charge in [-0.2, -0.15) is 0 Å². The van der Waals surface area contributed by atoms with Crippen LogP contribution in [-0.2, 0) is 9.59 Å². The highest BCUT2D eigenvalue weighted by atomic mass is 35.5. The Morgan fingerprint density at radius 1 is 1.56 bits per heavy atom. The molecule has 0 aromatic rings. The van der Waals surface area contributed by atoms with E-state index in [4.69, 9.17) is 5.73 Å². The topological polar surface area (TPSA) is 66.6 Å².